The van der Waals surface area contributed by atoms with E-state index in [1.807, 2.05) is 59.2 Å². The first-order chi connectivity index (χ1) is 21.3. The Morgan fingerprint density at radius 1 is 0.932 bits per heavy atom. The minimum Gasteiger partial charge on any atom is -0.486 e. The molecule has 0 spiro atoms. The number of rotatable bonds is 5. The molecule has 1 aromatic heterocycles. The minimum absolute atomic E-state index is 0.0796. The SMILES string of the molecule is O=c1/c(=C\c2cc(Br)c(OCc3ccc(Cl)cc3Cl)c(Br)c2)sc2n1[C@@H](c1ccc(Cl)cc1)C1=C(N=2)c2ccccc2CC1. The molecule has 0 unspecified atom stereocenters. The number of fused-ring (bicyclic) bond motifs is 3. The molecule has 0 radical (unpaired) electrons. The highest BCUT2D eigenvalue weighted by Gasteiger charge is 2.32. The highest BCUT2D eigenvalue weighted by atomic mass is 79.9. The third-order valence-electron chi connectivity index (χ3n) is 7.76. The molecule has 44 heavy (non-hydrogen) atoms. The molecule has 2 heterocycles. The van der Waals surface area contributed by atoms with Crippen LogP contribution in [0.15, 0.2) is 103 Å². The monoisotopic (exact) mass is 784 g/mol. The highest BCUT2D eigenvalue weighted by Crippen LogP contribution is 2.41. The summed E-state index contributed by atoms with van der Waals surface area (Å²) >= 11 is 27.3. The Kier molecular flexibility index (Phi) is 8.38. The molecule has 0 amide bonds. The summed E-state index contributed by atoms with van der Waals surface area (Å²) in [6.07, 6.45) is 3.63. The van der Waals surface area contributed by atoms with Crippen molar-refractivity contribution >= 4 is 89.8 Å². The lowest BCUT2D eigenvalue weighted by Gasteiger charge is -2.30. The maximum Gasteiger partial charge on any atom is 0.271 e. The fourth-order valence-electron chi connectivity index (χ4n) is 5.71. The molecule has 5 aromatic rings. The van der Waals surface area contributed by atoms with Gasteiger partial charge in [0, 0.05) is 26.2 Å². The fraction of sp³-hybridized carbons (Fsp3) is 0.118. The number of aromatic nitrogens is 1. The predicted octanol–water partition coefficient (Wildman–Crippen LogP) is 9.38. The van der Waals surface area contributed by atoms with Gasteiger partial charge < -0.3 is 4.74 Å². The van der Waals surface area contributed by atoms with E-state index >= 15 is 0 Å². The van der Waals surface area contributed by atoms with Gasteiger partial charge >= 0.3 is 0 Å². The largest absolute Gasteiger partial charge is 0.486 e. The third kappa shape index (κ3) is 5.63. The molecule has 220 valence electrons. The quantitative estimate of drug-likeness (QED) is 0.178. The number of nitrogens with zero attached hydrogens (tertiary/aromatic N) is 2. The van der Waals surface area contributed by atoms with Gasteiger partial charge in [-0.3, -0.25) is 9.36 Å². The lowest BCUT2D eigenvalue weighted by atomic mass is 9.83. The Morgan fingerprint density at radius 3 is 2.41 bits per heavy atom. The van der Waals surface area contributed by atoms with Crippen molar-refractivity contribution in [1.82, 2.24) is 4.57 Å². The number of aryl methyl sites for hydroxylation is 1. The van der Waals surface area contributed by atoms with Gasteiger partial charge in [-0.2, -0.15) is 0 Å². The van der Waals surface area contributed by atoms with Crippen LogP contribution in [-0.4, -0.2) is 4.57 Å². The molecule has 0 bridgehead atoms. The van der Waals surface area contributed by atoms with Crippen LogP contribution in [0.25, 0.3) is 11.8 Å². The summed E-state index contributed by atoms with van der Waals surface area (Å²) in [6.45, 7) is 0.268. The van der Waals surface area contributed by atoms with Crippen LogP contribution in [-0.2, 0) is 13.0 Å². The van der Waals surface area contributed by atoms with Crippen molar-refractivity contribution in [3.05, 3.63) is 156 Å². The normalized spacial score (nSPS) is 15.8. The molecular weight excluding hydrogens is 767 g/mol. The Morgan fingerprint density at radius 2 is 1.66 bits per heavy atom. The number of hydrogen-bond donors (Lipinski definition) is 0. The van der Waals surface area contributed by atoms with Crippen LogP contribution < -0.4 is 19.6 Å². The number of halogens is 5. The number of allylic oxidation sites excluding steroid dienone is 1. The number of ether oxygens (including phenoxy) is 1. The van der Waals surface area contributed by atoms with E-state index < -0.39 is 0 Å². The second kappa shape index (κ2) is 12.3. The molecule has 0 fully saturated rings. The van der Waals surface area contributed by atoms with Gasteiger partial charge in [0.25, 0.3) is 5.56 Å². The Balaban J connectivity index is 1.30. The van der Waals surface area contributed by atoms with Gasteiger partial charge in [-0.25, -0.2) is 4.99 Å². The maximum absolute atomic E-state index is 14.1. The molecule has 0 saturated carbocycles. The van der Waals surface area contributed by atoms with Gasteiger partial charge in [-0.1, -0.05) is 88.6 Å². The first-order valence-electron chi connectivity index (χ1n) is 13.7. The van der Waals surface area contributed by atoms with Crippen LogP contribution in [0.2, 0.25) is 15.1 Å². The van der Waals surface area contributed by atoms with Crippen LogP contribution in [0, 0.1) is 0 Å². The second-order valence-corrected chi connectivity index (χ2v) is 14.5. The average Bonchev–Trinajstić information content (AvgIpc) is 3.31. The molecule has 4 aromatic carbocycles. The third-order valence-corrected chi connectivity index (χ3v) is 10.8. The van der Waals surface area contributed by atoms with E-state index in [1.165, 1.54) is 16.9 Å². The summed E-state index contributed by atoms with van der Waals surface area (Å²) in [5.74, 6) is 0.628. The van der Waals surface area contributed by atoms with E-state index in [1.54, 1.807) is 12.1 Å². The fourth-order valence-corrected chi connectivity index (χ4v) is 8.75. The average molecular weight is 788 g/mol. The van der Waals surface area contributed by atoms with Crippen molar-refractivity contribution in [3.63, 3.8) is 0 Å². The molecule has 1 aliphatic carbocycles. The topological polar surface area (TPSA) is 43.6 Å². The van der Waals surface area contributed by atoms with Crippen molar-refractivity contribution in [1.29, 1.82) is 0 Å². The van der Waals surface area contributed by atoms with Crippen LogP contribution >= 0.6 is 78.0 Å². The molecule has 0 N–H and O–H groups in total. The van der Waals surface area contributed by atoms with Gasteiger partial charge in [0.05, 0.1) is 25.2 Å². The van der Waals surface area contributed by atoms with Gasteiger partial charge in [-0.15, -0.1) is 0 Å². The lowest BCUT2D eigenvalue weighted by Crippen LogP contribution is -2.38. The van der Waals surface area contributed by atoms with Gasteiger partial charge in [0.2, 0.25) is 0 Å². The number of thiazole rings is 1. The van der Waals surface area contributed by atoms with Crippen LogP contribution in [0.4, 0.5) is 0 Å². The summed E-state index contributed by atoms with van der Waals surface area (Å²) in [5, 5.41) is 1.77. The second-order valence-electron chi connectivity index (χ2n) is 10.5. The standard InChI is InChI=1S/C34H21Br2Cl3N2O2S/c35-26-13-18(14-27(36)32(26)43-17-21-7-11-23(38)16-28(21)39)15-29-33(42)41-31(20-5-9-22(37)10-6-20)25-12-8-19-3-1-2-4-24(19)30(25)40-34(41)44-29/h1-7,9-11,13-16,31H,8,12,17H2/b29-15+/t31-/m0/s1. The van der Waals surface area contributed by atoms with Crippen LogP contribution in [0.3, 0.4) is 0 Å². The zero-order chi connectivity index (χ0) is 30.5. The zero-order valence-electron chi connectivity index (χ0n) is 22.8. The van der Waals surface area contributed by atoms with E-state index in [0.717, 1.165) is 55.3 Å². The molecule has 1 atom stereocenters. The molecule has 0 saturated heterocycles. The molecule has 4 nitrogen and oxygen atoms in total. The van der Waals surface area contributed by atoms with E-state index in [-0.39, 0.29) is 18.2 Å². The summed E-state index contributed by atoms with van der Waals surface area (Å²) in [5.41, 5.74) is 7.11. The van der Waals surface area contributed by atoms with Crippen molar-refractivity contribution in [2.75, 3.05) is 0 Å². The van der Waals surface area contributed by atoms with E-state index in [9.17, 15) is 4.79 Å². The van der Waals surface area contributed by atoms with E-state index in [0.29, 0.717) is 30.2 Å². The Labute approximate surface area is 289 Å². The van der Waals surface area contributed by atoms with E-state index in [2.05, 4.69) is 50.1 Å². The van der Waals surface area contributed by atoms with Crippen LogP contribution in [0.1, 0.15) is 40.3 Å². The van der Waals surface area contributed by atoms with Crippen molar-refractivity contribution < 1.29 is 4.74 Å². The van der Waals surface area contributed by atoms with Gasteiger partial charge in [0.1, 0.15) is 12.4 Å². The van der Waals surface area contributed by atoms with Gasteiger partial charge in [0.15, 0.2) is 4.80 Å². The number of benzene rings is 4. The summed E-state index contributed by atoms with van der Waals surface area (Å²) in [6, 6.07) is 25.1. The predicted molar refractivity (Wildman–Crippen MR) is 187 cm³/mol. The van der Waals surface area contributed by atoms with Gasteiger partial charge in [-0.05, 0) is 109 Å². The highest BCUT2D eigenvalue weighted by molar-refractivity contribution is 9.11. The Bertz CT molecular complexity index is 2150. The number of hydrogen-bond acceptors (Lipinski definition) is 4. The lowest BCUT2D eigenvalue weighted by molar-refractivity contribution is 0.302. The van der Waals surface area contributed by atoms with Crippen molar-refractivity contribution in [2.24, 2.45) is 4.99 Å². The molecule has 1 aliphatic heterocycles. The Hall–Kier alpha value is -2.65. The van der Waals surface area contributed by atoms with Crippen LogP contribution in [0.5, 0.6) is 5.75 Å². The van der Waals surface area contributed by atoms with Crippen molar-refractivity contribution in [2.45, 2.75) is 25.5 Å². The molecule has 10 heteroatoms. The summed E-state index contributed by atoms with van der Waals surface area (Å²) in [4.78, 5) is 19.9. The minimum atomic E-state index is -0.261. The first kappa shape index (κ1) is 30.0. The summed E-state index contributed by atoms with van der Waals surface area (Å²) < 4.78 is 10.0. The van der Waals surface area contributed by atoms with Crippen molar-refractivity contribution in [3.8, 4) is 5.75 Å². The van der Waals surface area contributed by atoms with E-state index in [4.69, 9.17) is 44.5 Å². The molecular formula is C34H21Br2Cl3N2O2S. The molecule has 2 aliphatic rings. The summed E-state index contributed by atoms with van der Waals surface area (Å²) in [7, 11) is 0. The zero-order valence-corrected chi connectivity index (χ0v) is 29.0. The maximum atomic E-state index is 14.1. The smallest absolute Gasteiger partial charge is 0.271 e. The molecule has 7 rings (SSSR count). The first-order valence-corrected chi connectivity index (χ1v) is 17.2.